The van der Waals surface area contributed by atoms with Gasteiger partial charge in [0.05, 0.1) is 11.7 Å². The van der Waals surface area contributed by atoms with Crippen molar-refractivity contribution in [1.29, 1.82) is 0 Å². The summed E-state index contributed by atoms with van der Waals surface area (Å²) in [6, 6.07) is -0.145. The molecule has 1 unspecified atom stereocenters. The molecule has 6 nitrogen and oxygen atoms in total. The van der Waals surface area contributed by atoms with E-state index >= 15 is 0 Å². The zero-order valence-electron chi connectivity index (χ0n) is 13.0. The fraction of sp³-hybridized carbons (Fsp3) is 0.929. The quantitative estimate of drug-likeness (QED) is 0.782. The average Bonchev–Trinajstić information content (AvgIpc) is 2.45. The van der Waals surface area contributed by atoms with Gasteiger partial charge in [-0.1, -0.05) is 6.92 Å². The summed E-state index contributed by atoms with van der Waals surface area (Å²) in [6.07, 6.45) is 5.45. The van der Waals surface area contributed by atoms with Crippen LogP contribution in [0, 0.1) is 5.41 Å². The van der Waals surface area contributed by atoms with Gasteiger partial charge in [0.2, 0.25) is 15.9 Å². The molecule has 2 fully saturated rings. The maximum atomic E-state index is 12.9. The molecule has 2 aliphatic rings. The predicted molar refractivity (Wildman–Crippen MR) is 82.4 cm³/mol. The van der Waals surface area contributed by atoms with E-state index in [0.29, 0.717) is 6.54 Å². The van der Waals surface area contributed by atoms with E-state index in [4.69, 9.17) is 0 Å². The van der Waals surface area contributed by atoms with E-state index in [9.17, 15) is 13.2 Å². The van der Waals surface area contributed by atoms with Crippen molar-refractivity contribution in [2.24, 2.45) is 5.41 Å². The number of carbonyl (C=O) groups excluding carboxylic acids is 1. The third-order valence-electron chi connectivity index (χ3n) is 4.78. The highest BCUT2D eigenvalue weighted by Crippen LogP contribution is 2.35. The van der Waals surface area contributed by atoms with Gasteiger partial charge in [-0.3, -0.25) is 4.79 Å². The number of amides is 1. The minimum Gasteiger partial charge on any atom is -0.341 e. The molecule has 0 aromatic heterocycles. The molecule has 2 rings (SSSR count). The van der Waals surface area contributed by atoms with Crippen molar-refractivity contribution >= 4 is 15.9 Å². The summed E-state index contributed by atoms with van der Waals surface area (Å²) < 4.78 is 25.4. The van der Waals surface area contributed by atoms with Gasteiger partial charge in [0.25, 0.3) is 0 Å². The van der Waals surface area contributed by atoms with Gasteiger partial charge in [-0.25, -0.2) is 13.1 Å². The fourth-order valence-electron chi connectivity index (χ4n) is 3.52. The maximum Gasteiger partial charge on any atom is 0.228 e. The maximum absolute atomic E-state index is 12.9. The number of nitrogens with one attached hydrogen (secondary N) is 2. The van der Waals surface area contributed by atoms with Gasteiger partial charge in [-0.2, -0.15) is 0 Å². The molecule has 1 atom stereocenters. The molecule has 0 bridgehead atoms. The fourth-order valence-corrected chi connectivity index (χ4v) is 4.32. The van der Waals surface area contributed by atoms with Crippen LogP contribution in [-0.2, 0) is 14.8 Å². The van der Waals surface area contributed by atoms with Crippen molar-refractivity contribution in [2.75, 3.05) is 32.4 Å². The van der Waals surface area contributed by atoms with E-state index in [0.717, 1.165) is 51.7 Å². The number of piperidine rings is 2. The minimum atomic E-state index is -3.22. The van der Waals surface area contributed by atoms with E-state index in [1.165, 1.54) is 6.26 Å². The molecule has 1 amide bonds. The largest absolute Gasteiger partial charge is 0.341 e. The molecule has 2 heterocycles. The SMILES string of the molecule is CCC1(C(=O)N2CCCC(NS(C)(=O)=O)C2)CCNCC1. The Hall–Kier alpha value is -0.660. The smallest absolute Gasteiger partial charge is 0.228 e. The number of sulfonamides is 1. The van der Waals surface area contributed by atoms with E-state index in [-0.39, 0.29) is 17.4 Å². The van der Waals surface area contributed by atoms with Crippen LogP contribution in [0.1, 0.15) is 39.0 Å². The van der Waals surface area contributed by atoms with Crippen molar-refractivity contribution in [1.82, 2.24) is 14.9 Å². The first-order valence-corrected chi connectivity index (χ1v) is 9.73. The Bertz CT molecular complexity index is 472. The van der Waals surface area contributed by atoms with Crippen LogP contribution in [0.2, 0.25) is 0 Å². The monoisotopic (exact) mass is 317 g/mol. The van der Waals surface area contributed by atoms with Gasteiger partial charge in [0.1, 0.15) is 0 Å². The van der Waals surface area contributed by atoms with Crippen LogP contribution in [0.3, 0.4) is 0 Å². The molecule has 0 aliphatic carbocycles. The summed E-state index contributed by atoms with van der Waals surface area (Å²) in [5.41, 5.74) is -0.252. The van der Waals surface area contributed by atoms with Gasteiger partial charge in [0, 0.05) is 19.1 Å². The predicted octanol–water partition coefficient (Wildman–Crippen LogP) is 0.306. The highest BCUT2D eigenvalue weighted by Gasteiger charge is 2.41. The van der Waals surface area contributed by atoms with Gasteiger partial charge < -0.3 is 10.2 Å². The molecule has 0 spiro atoms. The van der Waals surface area contributed by atoms with E-state index < -0.39 is 10.0 Å². The highest BCUT2D eigenvalue weighted by molar-refractivity contribution is 7.88. The number of hydrogen-bond donors (Lipinski definition) is 2. The van der Waals surface area contributed by atoms with Crippen LogP contribution in [0.4, 0.5) is 0 Å². The Balaban J connectivity index is 2.04. The second-order valence-electron chi connectivity index (χ2n) is 6.36. The van der Waals surface area contributed by atoms with Crippen molar-refractivity contribution in [3.8, 4) is 0 Å². The Morgan fingerprint density at radius 3 is 2.62 bits per heavy atom. The number of nitrogens with zero attached hydrogens (tertiary/aromatic N) is 1. The second kappa shape index (κ2) is 6.62. The molecule has 0 radical (unpaired) electrons. The lowest BCUT2D eigenvalue weighted by Crippen LogP contribution is -2.55. The van der Waals surface area contributed by atoms with Crippen LogP contribution in [0.15, 0.2) is 0 Å². The summed E-state index contributed by atoms with van der Waals surface area (Å²) in [4.78, 5) is 14.8. The molecule has 122 valence electrons. The number of likely N-dealkylation sites (tertiary alicyclic amines) is 1. The molecule has 7 heteroatoms. The Labute approximate surface area is 127 Å². The minimum absolute atomic E-state index is 0.145. The Morgan fingerprint density at radius 2 is 2.05 bits per heavy atom. The lowest BCUT2D eigenvalue weighted by Gasteiger charge is -2.42. The van der Waals surface area contributed by atoms with E-state index in [2.05, 4.69) is 17.0 Å². The van der Waals surface area contributed by atoms with E-state index in [1.54, 1.807) is 0 Å². The van der Waals surface area contributed by atoms with Crippen LogP contribution >= 0.6 is 0 Å². The number of hydrogen-bond acceptors (Lipinski definition) is 4. The highest BCUT2D eigenvalue weighted by atomic mass is 32.2. The molecule has 0 aromatic rings. The second-order valence-corrected chi connectivity index (χ2v) is 8.14. The first-order chi connectivity index (χ1) is 9.86. The van der Waals surface area contributed by atoms with E-state index in [1.807, 2.05) is 4.90 Å². The van der Waals surface area contributed by atoms with Gasteiger partial charge >= 0.3 is 0 Å². The zero-order valence-corrected chi connectivity index (χ0v) is 13.8. The van der Waals surface area contributed by atoms with Crippen molar-refractivity contribution in [3.05, 3.63) is 0 Å². The number of carbonyl (C=O) groups is 1. The Morgan fingerprint density at radius 1 is 1.38 bits per heavy atom. The van der Waals surface area contributed by atoms with Crippen molar-refractivity contribution < 1.29 is 13.2 Å². The van der Waals surface area contributed by atoms with Crippen LogP contribution in [0.25, 0.3) is 0 Å². The number of rotatable bonds is 4. The summed E-state index contributed by atoms with van der Waals surface area (Å²) in [6.45, 7) is 5.10. The third kappa shape index (κ3) is 4.17. The summed E-state index contributed by atoms with van der Waals surface area (Å²) >= 11 is 0. The molecule has 21 heavy (non-hydrogen) atoms. The third-order valence-corrected chi connectivity index (χ3v) is 5.54. The zero-order chi connectivity index (χ0) is 15.5. The Kier molecular flexibility index (Phi) is 5.27. The average molecular weight is 317 g/mol. The van der Waals surface area contributed by atoms with Crippen LogP contribution in [0.5, 0.6) is 0 Å². The van der Waals surface area contributed by atoms with Gasteiger partial charge in [-0.05, 0) is 45.2 Å². The molecule has 0 aromatic carbocycles. The molecule has 2 saturated heterocycles. The first kappa shape index (κ1) is 16.7. The van der Waals surface area contributed by atoms with Crippen LogP contribution < -0.4 is 10.0 Å². The van der Waals surface area contributed by atoms with Crippen molar-refractivity contribution in [2.45, 2.75) is 45.1 Å². The first-order valence-electron chi connectivity index (χ1n) is 7.84. The molecule has 2 aliphatic heterocycles. The standard InChI is InChI=1S/C14H27N3O3S/c1-3-14(6-8-15-9-7-14)13(18)17-10-4-5-12(11-17)16-21(2,19)20/h12,15-16H,3-11H2,1-2H3. The summed E-state index contributed by atoms with van der Waals surface area (Å²) in [7, 11) is -3.22. The van der Waals surface area contributed by atoms with Crippen molar-refractivity contribution in [3.63, 3.8) is 0 Å². The topological polar surface area (TPSA) is 78.5 Å². The molecule has 0 saturated carbocycles. The molecular weight excluding hydrogens is 290 g/mol. The van der Waals surface area contributed by atoms with Gasteiger partial charge in [0.15, 0.2) is 0 Å². The normalized spacial score (nSPS) is 26.6. The molecule has 2 N–H and O–H groups in total. The lowest BCUT2D eigenvalue weighted by atomic mass is 9.75. The summed E-state index contributed by atoms with van der Waals surface area (Å²) in [5, 5.41) is 3.31. The summed E-state index contributed by atoms with van der Waals surface area (Å²) in [5.74, 6) is 0.214. The lowest BCUT2D eigenvalue weighted by molar-refractivity contribution is -0.145. The van der Waals surface area contributed by atoms with Gasteiger partial charge in [-0.15, -0.1) is 0 Å². The molecular formula is C14H27N3O3S. The van der Waals surface area contributed by atoms with Crippen LogP contribution in [-0.4, -0.2) is 57.7 Å².